The van der Waals surface area contributed by atoms with Crippen LogP contribution in [-0.2, 0) is 6.54 Å². The fraction of sp³-hybridized carbons (Fsp3) is 0.222. The molecule has 0 fully saturated rings. The second kappa shape index (κ2) is 8.95. The number of aromatic nitrogens is 1. The number of aryl methyl sites for hydroxylation is 1. The lowest BCUT2D eigenvalue weighted by molar-refractivity contribution is 0.0714. The van der Waals surface area contributed by atoms with Crippen LogP contribution in [0.1, 0.15) is 52.2 Å². The molecule has 0 spiro atoms. The summed E-state index contributed by atoms with van der Waals surface area (Å²) in [7, 11) is 0. The predicted molar refractivity (Wildman–Crippen MR) is 130 cm³/mol. The van der Waals surface area contributed by atoms with Crippen LogP contribution in [0.5, 0.6) is 5.75 Å². The third kappa shape index (κ3) is 3.84. The number of amides is 1. The highest BCUT2D eigenvalue weighted by Gasteiger charge is 2.43. The van der Waals surface area contributed by atoms with E-state index in [1.807, 2.05) is 50.2 Å². The van der Waals surface area contributed by atoms with E-state index in [2.05, 4.69) is 4.98 Å². The molecule has 1 unspecified atom stereocenters. The monoisotopic (exact) mass is 474 g/mol. The molecule has 0 N–H and O–H groups in total. The van der Waals surface area contributed by atoms with E-state index in [-0.39, 0.29) is 23.6 Å². The summed E-state index contributed by atoms with van der Waals surface area (Å²) in [6.45, 7) is 4.72. The number of benzene rings is 2. The Morgan fingerprint density at radius 3 is 2.76 bits per heavy atom. The molecule has 0 bridgehead atoms. The van der Waals surface area contributed by atoms with Crippen LogP contribution < -0.4 is 10.2 Å². The number of rotatable bonds is 6. The number of halogens is 1. The number of pyridine rings is 1. The Bertz CT molecular complexity index is 1450. The van der Waals surface area contributed by atoms with E-state index >= 15 is 0 Å². The molecule has 0 aliphatic carbocycles. The van der Waals surface area contributed by atoms with Crippen molar-refractivity contribution < 1.29 is 13.9 Å². The van der Waals surface area contributed by atoms with Crippen molar-refractivity contribution in [1.29, 1.82) is 0 Å². The zero-order valence-electron chi connectivity index (χ0n) is 18.9. The number of ether oxygens (including phenoxy) is 1. The van der Waals surface area contributed by atoms with E-state index in [1.165, 1.54) is 0 Å². The van der Waals surface area contributed by atoms with Crippen LogP contribution >= 0.6 is 11.6 Å². The molecular formula is C27H23ClN2O4. The third-order valence-corrected chi connectivity index (χ3v) is 6.38. The summed E-state index contributed by atoms with van der Waals surface area (Å²) < 4.78 is 11.9. The van der Waals surface area contributed by atoms with E-state index in [9.17, 15) is 9.59 Å². The van der Waals surface area contributed by atoms with Gasteiger partial charge in [-0.15, -0.1) is 0 Å². The molecule has 172 valence electrons. The van der Waals surface area contributed by atoms with Crippen molar-refractivity contribution in [3.63, 3.8) is 0 Å². The van der Waals surface area contributed by atoms with Crippen molar-refractivity contribution >= 4 is 28.5 Å². The second-order valence-electron chi connectivity index (χ2n) is 8.39. The van der Waals surface area contributed by atoms with Gasteiger partial charge in [0, 0.05) is 24.0 Å². The quantitative estimate of drug-likeness (QED) is 0.359. The highest BCUT2D eigenvalue weighted by atomic mass is 35.5. The average molecular weight is 475 g/mol. The molecule has 1 aliphatic heterocycles. The van der Waals surface area contributed by atoms with Gasteiger partial charge in [-0.05, 0) is 60.4 Å². The van der Waals surface area contributed by atoms with Crippen LogP contribution in [0.2, 0.25) is 5.02 Å². The van der Waals surface area contributed by atoms with Crippen LogP contribution in [0.15, 0.2) is 70.1 Å². The summed E-state index contributed by atoms with van der Waals surface area (Å²) in [5.41, 5.74) is 2.80. The van der Waals surface area contributed by atoms with Gasteiger partial charge in [-0.25, -0.2) is 0 Å². The summed E-state index contributed by atoms with van der Waals surface area (Å²) in [5, 5.41) is 0.830. The molecule has 0 saturated heterocycles. The minimum atomic E-state index is -0.631. The molecule has 0 saturated carbocycles. The molecule has 1 amide bonds. The number of hydrogen-bond acceptors (Lipinski definition) is 5. The molecule has 6 nitrogen and oxygen atoms in total. The molecule has 34 heavy (non-hydrogen) atoms. The molecule has 7 heteroatoms. The first-order chi connectivity index (χ1) is 16.5. The minimum absolute atomic E-state index is 0.0630. The van der Waals surface area contributed by atoms with Gasteiger partial charge < -0.3 is 14.1 Å². The summed E-state index contributed by atoms with van der Waals surface area (Å²) in [6, 6.07) is 13.9. The molecule has 5 rings (SSSR count). The average Bonchev–Trinajstić information content (AvgIpc) is 3.11. The van der Waals surface area contributed by atoms with Crippen LogP contribution in [0.3, 0.4) is 0 Å². The Morgan fingerprint density at radius 1 is 1.15 bits per heavy atom. The Balaban J connectivity index is 1.71. The number of carbonyl (C=O) groups is 1. The second-order valence-corrected chi connectivity index (χ2v) is 8.80. The van der Waals surface area contributed by atoms with Gasteiger partial charge in [0.05, 0.1) is 23.6 Å². The van der Waals surface area contributed by atoms with Gasteiger partial charge >= 0.3 is 0 Å². The normalized spacial score (nSPS) is 15.1. The lowest BCUT2D eigenvalue weighted by Gasteiger charge is -2.25. The van der Waals surface area contributed by atoms with Crippen molar-refractivity contribution in [1.82, 2.24) is 9.88 Å². The zero-order chi connectivity index (χ0) is 23.8. The van der Waals surface area contributed by atoms with Gasteiger partial charge in [0.1, 0.15) is 11.3 Å². The van der Waals surface area contributed by atoms with Gasteiger partial charge in [-0.3, -0.25) is 14.6 Å². The number of carbonyl (C=O) groups excluding carboxylic acids is 1. The van der Waals surface area contributed by atoms with E-state index in [0.717, 1.165) is 23.1 Å². The van der Waals surface area contributed by atoms with Crippen LogP contribution in [0.4, 0.5) is 0 Å². The Labute approximate surface area is 201 Å². The van der Waals surface area contributed by atoms with Crippen molar-refractivity contribution in [3.8, 4) is 5.75 Å². The largest absolute Gasteiger partial charge is 0.494 e. The van der Waals surface area contributed by atoms with Crippen LogP contribution in [0.25, 0.3) is 11.0 Å². The number of hydrogen-bond donors (Lipinski definition) is 0. The predicted octanol–water partition coefficient (Wildman–Crippen LogP) is 5.68. The lowest BCUT2D eigenvalue weighted by atomic mass is 9.98. The molecule has 2 aromatic heterocycles. The Morgan fingerprint density at radius 2 is 2.00 bits per heavy atom. The van der Waals surface area contributed by atoms with Gasteiger partial charge in [0.15, 0.2) is 5.43 Å². The van der Waals surface area contributed by atoms with E-state index < -0.39 is 6.04 Å². The van der Waals surface area contributed by atoms with Crippen molar-refractivity contribution in [2.24, 2.45) is 0 Å². The molecule has 2 aromatic carbocycles. The highest BCUT2D eigenvalue weighted by molar-refractivity contribution is 6.32. The smallest absolute Gasteiger partial charge is 0.291 e. The molecular weight excluding hydrogens is 452 g/mol. The number of fused-ring (bicyclic) bond motifs is 2. The first-order valence-corrected chi connectivity index (χ1v) is 11.5. The van der Waals surface area contributed by atoms with E-state index in [4.69, 9.17) is 20.8 Å². The lowest BCUT2D eigenvalue weighted by Crippen LogP contribution is -2.29. The van der Waals surface area contributed by atoms with Gasteiger partial charge in [0.25, 0.3) is 5.91 Å². The molecule has 4 aromatic rings. The van der Waals surface area contributed by atoms with E-state index in [1.54, 1.807) is 29.4 Å². The maximum atomic E-state index is 13.7. The van der Waals surface area contributed by atoms with Gasteiger partial charge in [0.2, 0.25) is 5.76 Å². The summed E-state index contributed by atoms with van der Waals surface area (Å²) in [6.07, 6.45) is 4.26. The van der Waals surface area contributed by atoms with E-state index in [0.29, 0.717) is 33.9 Å². The third-order valence-electron chi connectivity index (χ3n) is 5.97. The molecule has 3 heterocycles. The van der Waals surface area contributed by atoms with Crippen molar-refractivity contribution in [2.45, 2.75) is 32.9 Å². The molecule has 0 radical (unpaired) electrons. The topological polar surface area (TPSA) is 72.6 Å². The standard InChI is InChI=1S/C27H23ClN2O4/c1-3-10-33-19-8-4-7-18(12-19)24-23-25(31)20-13-21(28)16(2)11-22(20)34-26(23)27(32)30(24)15-17-6-5-9-29-14-17/h4-9,11-14,24H,3,10,15H2,1-2H3. The van der Waals surface area contributed by atoms with Crippen LogP contribution in [-0.4, -0.2) is 22.4 Å². The first-order valence-electron chi connectivity index (χ1n) is 11.2. The molecule has 1 atom stereocenters. The van der Waals surface area contributed by atoms with Gasteiger partial charge in [-0.1, -0.05) is 36.7 Å². The van der Waals surface area contributed by atoms with Crippen LogP contribution in [0, 0.1) is 6.92 Å². The maximum absolute atomic E-state index is 13.7. The fourth-order valence-corrected chi connectivity index (χ4v) is 4.50. The fourth-order valence-electron chi connectivity index (χ4n) is 4.33. The first kappa shape index (κ1) is 22.2. The van der Waals surface area contributed by atoms with Crippen molar-refractivity contribution in [3.05, 3.63) is 104 Å². The summed E-state index contributed by atoms with van der Waals surface area (Å²) >= 11 is 6.32. The Hall–Kier alpha value is -3.64. The minimum Gasteiger partial charge on any atom is -0.494 e. The SMILES string of the molecule is CCCOc1cccc(C2c3c(oc4cc(C)c(Cl)cc4c3=O)C(=O)N2Cc2cccnc2)c1. The molecule has 1 aliphatic rings. The zero-order valence-corrected chi connectivity index (χ0v) is 19.6. The summed E-state index contributed by atoms with van der Waals surface area (Å²) in [4.78, 5) is 33.2. The van der Waals surface area contributed by atoms with Crippen molar-refractivity contribution in [2.75, 3.05) is 6.61 Å². The summed E-state index contributed by atoms with van der Waals surface area (Å²) in [5.74, 6) is 0.411. The Kier molecular flexibility index (Phi) is 5.84. The number of nitrogens with zero attached hydrogens (tertiary/aromatic N) is 2. The maximum Gasteiger partial charge on any atom is 0.291 e. The highest BCUT2D eigenvalue weighted by Crippen LogP contribution is 2.40. The van der Waals surface area contributed by atoms with Gasteiger partial charge in [-0.2, -0.15) is 0 Å².